The van der Waals surface area contributed by atoms with E-state index in [0.717, 1.165) is 33.1 Å². The first-order chi connectivity index (χ1) is 16.5. The van der Waals surface area contributed by atoms with E-state index in [1.807, 2.05) is 0 Å². The predicted molar refractivity (Wildman–Crippen MR) is 120 cm³/mol. The van der Waals surface area contributed by atoms with Crippen molar-refractivity contribution < 1.29 is 47.3 Å². The molecule has 11 nitrogen and oxygen atoms in total. The van der Waals surface area contributed by atoms with Crippen molar-refractivity contribution in [3.63, 3.8) is 0 Å². The summed E-state index contributed by atoms with van der Waals surface area (Å²) in [4.78, 5) is 59.8. The van der Waals surface area contributed by atoms with E-state index in [1.54, 1.807) is 0 Å². The molecule has 0 spiro atoms. The Kier molecular flexibility index (Phi) is 7.19. The van der Waals surface area contributed by atoms with Crippen LogP contribution in [0.1, 0.15) is 27.7 Å². The second-order valence-electron chi connectivity index (χ2n) is 7.12. The van der Waals surface area contributed by atoms with Crippen LogP contribution in [-0.2, 0) is 19.2 Å². The molecule has 3 aromatic rings. The van der Waals surface area contributed by atoms with Crippen LogP contribution in [0.15, 0.2) is 39.7 Å². The van der Waals surface area contributed by atoms with Crippen LogP contribution >= 0.6 is 0 Å². The number of benzene rings is 2. The van der Waals surface area contributed by atoms with Crippen molar-refractivity contribution in [1.29, 1.82) is 0 Å². The topological polar surface area (TPSA) is 145 Å². The number of hydrogen-bond donors (Lipinski definition) is 0. The molecular formula is C24H20O11. The van der Waals surface area contributed by atoms with Gasteiger partial charge in [0, 0.05) is 45.4 Å². The average Bonchev–Trinajstić information content (AvgIpc) is 2.73. The smallest absolute Gasteiger partial charge is 0.308 e. The highest BCUT2D eigenvalue weighted by molar-refractivity contribution is 5.96. The van der Waals surface area contributed by atoms with Crippen LogP contribution in [-0.4, -0.2) is 31.0 Å². The van der Waals surface area contributed by atoms with Gasteiger partial charge in [0.1, 0.15) is 28.9 Å². The summed E-state index contributed by atoms with van der Waals surface area (Å²) in [5.41, 5.74) is -0.770. The Morgan fingerprint density at radius 2 is 1.29 bits per heavy atom. The van der Waals surface area contributed by atoms with E-state index in [1.165, 1.54) is 32.2 Å². The van der Waals surface area contributed by atoms with Gasteiger partial charge in [-0.1, -0.05) is 0 Å². The minimum Gasteiger partial charge on any atom is -0.490 e. The maximum absolute atomic E-state index is 13.6. The molecule has 182 valence electrons. The number of methoxy groups -OCH3 is 1. The van der Waals surface area contributed by atoms with Gasteiger partial charge in [-0.3, -0.25) is 24.0 Å². The van der Waals surface area contributed by atoms with Gasteiger partial charge in [0.05, 0.1) is 12.7 Å². The number of esters is 4. The highest BCUT2D eigenvalue weighted by Gasteiger charge is 2.25. The fraction of sp³-hybridized carbons (Fsp3) is 0.208. The summed E-state index contributed by atoms with van der Waals surface area (Å²) in [6, 6.07) is 5.20. The first-order valence-corrected chi connectivity index (χ1v) is 10.1. The number of hydrogen-bond acceptors (Lipinski definition) is 11. The third kappa shape index (κ3) is 5.46. The van der Waals surface area contributed by atoms with E-state index >= 15 is 0 Å². The van der Waals surface area contributed by atoms with Crippen LogP contribution in [0.5, 0.6) is 28.7 Å². The van der Waals surface area contributed by atoms with Gasteiger partial charge in [-0.05, 0) is 12.1 Å². The molecule has 0 unspecified atom stereocenters. The maximum atomic E-state index is 13.6. The first-order valence-electron chi connectivity index (χ1n) is 10.1. The van der Waals surface area contributed by atoms with Gasteiger partial charge in [-0.25, -0.2) is 0 Å². The lowest BCUT2D eigenvalue weighted by atomic mass is 10.0. The normalized spacial score (nSPS) is 10.4. The SMILES string of the molecule is COc1c(OC(C)=O)cc(OC(C)=O)c2c(=O)c(-c3ccc(OC(C)=O)cc3OC(C)=O)coc12. The van der Waals surface area contributed by atoms with Gasteiger partial charge in [0.2, 0.25) is 11.2 Å². The van der Waals surface area contributed by atoms with Crippen molar-refractivity contribution in [2.45, 2.75) is 27.7 Å². The van der Waals surface area contributed by atoms with E-state index in [4.69, 9.17) is 28.1 Å². The molecule has 0 amide bonds. The standard InChI is InChI=1S/C24H20O11/c1-11(25)32-15-6-7-16(18(8-15)33-12(2)26)17-10-31-24-21(22(17)29)19(34-13(3)27)9-20(23(24)30-5)35-14(4)28/h6-10H,1-5H3. The fourth-order valence-electron chi connectivity index (χ4n) is 3.27. The van der Waals surface area contributed by atoms with E-state index in [0.29, 0.717) is 0 Å². The van der Waals surface area contributed by atoms with Crippen molar-refractivity contribution in [1.82, 2.24) is 0 Å². The summed E-state index contributed by atoms with van der Waals surface area (Å²) in [6.07, 6.45) is 1.08. The molecule has 0 aliphatic carbocycles. The molecule has 35 heavy (non-hydrogen) atoms. The zero-order chi connectivity index (χ0) is 25.9. The van der Waals surface area contributed by atoms with E-state index in [2.05, 4.69) is 0 Å². The van der Waals surface area contributed by atoms with Gasteiger partial charge in [-0.15, -0.1) is 0 Å². The average molecular weight is 484 g/mol. The second kappa shape index (κ2) is 10.1. The Bertz CT molecular complexity index is 1420. The number of fused-ring (bicyclic) bond motifs is 1. The fourth-order valence-corrected chi connectivity index (χ4v) is 3.27. The van der Waals surface area contributed by atoms with Gasteiger partial charge in [0.15, 0.2) is 11.3 Å². The van der Waals surface area contributed by atoms with E-state index < -0.39 is 29.3 Å². The third-order valence-corrected chi connectivity index (χ3v) is 4.40. The van der Waals surface area contributed by atoms with Crippen LogP contribution in [0.25, 0.3) is 22.1 Å². The zero-order valence-corrected chi connectivity index (χ0v) is 19.4. The van der Waals surface area contributed by atoms with Crippen molar-refractivity contribution in [2.75, 3.05) is 7.11 Å². The van der Waals surface area contributed by atoms with Gasteiger partial charge >= 0.3 is 23.9 Å². The highest BCUT2D eigenvalue weighted by atomic mass is 16.6. The Morgan fingerprint density at radius 1 is 0.714 bits per heavy atom. The molecule has 11 heteroatoms. The van der Waals surface area contributed by atoms with Crippen LogP contribution < -0.4 is 29.1 Å². The molecule has 0 N–H and O–H groups in total. The minimum absolute atomic E-state index is 0.0705. The lowest BCUT2D eigenvalue weighted by Crippen LogP contribution is -2.12. The minimum atomic E-state index is -0.749. The number of carbonyl (C=O) groups is 4. The molecule has 0 saturated heterocycles. The molecule has 0 aliphatic rings. The Balaban J connectivity index is 2.34. The molecule has 0 saturated carbocycles. The van der Waals surface area contributed by atoms with E-state index in [-0.39, 0.29) is 50.8 Å². The summed E-state index contributed by atoms with van der Waals surface area (Å²) in [5.74, 6) is -3.19. The molecule has 0 aliphatic heterocycles. The van der Waals surface area contributed by atoms with Crippen molar-refractivity contribution >= 4 is 34.8 Å². The molecule has 0 fully saturated rings. The maximum Gasteiger partial charge on any atom is 0.308 e. The van der Waals surface area contributed by atoms with Gasteiger partial charge in [0.25, 0.3) is 0 Å². The Labute approximate surface area is 198 Å². The summed E-state index contributed by atoms with van der Waals surface area (Å²) < 4.78 is 31.5. The lowest BCUT2D eigenvalue weighted by molar-refractivity contribution is -0.133. The molecule has 0 bridgehead atoms. The molecular weight excluding hydrogens is 464 g/mol. The quantitative estimate of drug-likeness (QED) is 0.376. The van der Waals surface area contributed by atoms with Crippen LogP contribution in [0.4, 0.5) is 0 Å². The molecule has 1 heterocycles. The molecule has 1 aromatic heterocycles. The Morgan fingerprint density at radius 3 is 1.86 bits per heavy atom. The zero-order valence-electron chi connectivity index (χ0n) is 19.4. The monoisotopic (exact) mass is 484 g/mol. The Hall–Kier alpha value is -4.67. The van der Waals surface area contributed by atoms with Gasteiger partial charge in [-0.2, -0.15) is 0 Å². The highest BCUT2D eigenvalue weighted by Crippen LogP contribution is 2.42. The first kappa shape index (κ1) is 25.0. The van der Waals surface area contributed by atoms with Gasteiger partial charge < -0.3 is 28.1 Å². The molecule has 2 aromatic carbocycles. The molecule has 3 rings (SSSR count). The molecule has 0 radical (unpaired) electrons. The number of rotatable bonds is 6. The lowest BCUT2D eigenvalue weighted by Gasteiger charge is -2.15. The molecule has 0 atom stereocenters. The van der Waals surface area contributed by atoms with Crippen LogP contribution in [0.2, 0.25) is 0 Å². The van der Waals surface area contributed by atoms with E-state index in [9.17, 15) is 24.0 Å². The second-order valence-corrected chi connectivity index (χ2v) is 7.12. The van der Waals surface area contributed by atoms with Crippen LogP contribution in [0, 0.1) is 0 Å². The summed E-state index contributed by atoms with van der Waals surface area (Å²) in [6.45, 7) is 4.64. The van der Waals surface area contributed by atoms with Crippen molar-refractivity contribution in [3.05, 3.63) is 40.8 Å². The third-order valence-electron chi connectivity index (χ3n) is 4.40. The summed E-state index contributed by atoms with van der Waals surface area (Å²) in [5, 5.41) is -0.191. The van der Waals surface area contributed by atoms with Crippen molar-refractivity contribution in [3.8, 4) is 39.9 Å². The number of ether oxygens (including phenoxy) is 5. The summed E-state index contributed by atoms with van der Waals surface area (Å²) >= 11 is 0. The summed E-state index contributed by atoms with van der Waals surface area (Å²) in [7, 11) is 1.27. The van der Waals surface area contributed by atoms with Crippen LogP contribution in [0.3, 0.4) is 0 Å². The largest absolute Gasteiger partial charge is 0.490 e. The predicted octanol–water partition coefficient (Wildman–Crippen LogP) is 3.17. The van der Waals surface area contributed by atoms with Crippen molar-refractivity contribution in [2.24, 2.45) is 0 Å². The number of carbonyl (C=O) groups excluding carboxylic acids is 4.